The van der Waals surface area contributed by atoms with Crippen LogP contribution in [0.3, 0.4) is 0 Å². The van der Waals surface area contributed by atoms with Gasteiger partial charge in [-0.3, -0.25) is 4.79 Å². The lowest BCUT2D eigenvalue weighted by atomic mass is 9.87. The minimum atomic E-state index is -0.471. The van der Waals surface area contributed by atoms with Crippen molar-refractivity contribution in [2.75, 3.05) is 13.7 Å². The number of rotatable bonds is 9. The molecule has 0 unspecified atom stereocenters. The molecule has 2 rings (SSSR count). The lowest BCUT2D eigenvalue weighted by Gasteiger charge is -2.21. The number of benzene rings is 2. The Morgan fingerprint density at radius 2 is 1.61 bits per heavy atom. The number of amides is 1. The van der Waals surface area contributed by atoms with E-state index in [4.69, 9.17) is 9.47 Å². The number of carbonyl (C=O) groups is 1. The Morgan fingerprint density at radius 1 is 1.00 bits per heavy atom. The van der Waals surface area contributed by atoms with Gasteiger partial charge < -0.3 is 14.8 Å². The van der Waals surface area contributed by atoms with Crippen molar-refractivity contribution >= 4 is 5.91 Å². The molecule has 4 heteroatoms. The highest BCUT2D eigenvalue weighted by molar-refractivity contribution is 5.81. The number of methoxy groups -OCH3 is 1. The number of ether oxygens (including phenoxy) is 2. The van der Waals surface area contributed by atoms with E-state index in [-0.39, 0.29) is 11.3 Å². The van der Waals surface area contributed by atoms with Gasteiger partial charge in [0.15, 0.2) is 6.10 Å². The van der Waals surface area contributed by atoms with Crippen LogP contribution in [-0.2, 0) is 16.6 Å². The molecule has 0 fully saturated rings. The van der Waals surface area contributed by atoms with Crippen molar-refractivity contribution in [2.45, 2.75) is 58.5 Å². The van der Waals surface area contributed by atoms with Crippen molar-refractivity contribution in [2.24, 2.45) is 0 Å². The highest BCUT2D eigenvalue weighted by Crippen LogP contribution is 2.25. The van der Waals surface area contributed by atoms with E-state index >= 15 is 0 Å². The fourth-order valence-corrected chi connectivity index (χ4v) is 2.93. The quantitative estimate of drug-likeness (QED) is 0.627. The Kier molecular flexibility index (Phi) is 7.91. The highest BCUT2D eigenvalue weighted by Gasteiger charge is 2.18. The van der Waals surface area contributed by atoms with Gasteiger partial charge in [-0.15, -0.1) is 0 Å². The molecule has 152 valence electrons. The lowest BCUT2D eigenvalue weighted by molar-refractivity contribution is -0.128. The first-order chi connectivity index (χ1) is 13.3. The molecular formula is C24H33NO3. The molecule has 28 heavy (non-hydrogen) atoms. The fourth-order valence-electron chi connectivity index (χ4n) is 2.93. The van der Waals surface area contributed by atoms with Crippen LogP contribution in [0.4, 0.5) is 0 Å². The standard InChI is InChI=1S/C24H33NO3/c1-6-22(28-21-15-11-19(12-16-21)24(2,3)4)23(26)25-17-7-8-18-9-13-20(27-5)14-10-18/h9-16,22H,6-8,17H2,1-5H3,(H,25,26)/t22-/m1/s1. The Bertz CT molecular complexity index is 730. The summed E-state index contributed by atoms with van der Waals surface area (Å²) >= 11 is 0. The first-order valence-electron chi connectivity index (χ1n) is 10.0. The van der Waals surface area contributed by atoms with E-state index in [1.54, 1.807) is 7.11 Å². The summed E-state index contributed by atoms with van der Waals surface area (Å²) in [5.74, 6) is 1.53. The maximum Gasteiger partial charge on any atom is 0.261 e. The summed E-state index contributed by atoms with van der Waals surface area (Å²) < 4.78 is 11.1. The summed E-state index contributed by atoms with van der Waals surface area (Å²) in [4.78, 5) is 12.4. The second-order valence-electron chi connectivity index (χ2n) is 8.03. The Hall–Kier alpha value is -2.49. The topological polar surface area (TPSA) is 47.6 Å². The summed E-state index contributed by atoms with van der Waals surface area (Å²) in [6, 6.07) is 16.0. The third kappa shape index (κ3) is 6.59. The Balaban J connectivity index is 1.79. The van der Waals surface area contributed by atoms with Gasteiger partial charge in [-0.05, 0) is 60.1 Å². The number of carbonyl (C=O) groups excluding carboxylic acids is 1. The molecule has 0 aliphatic carbocycles. The predicted molar refractivity (Wildman–Crippen MR) is 114 cm³/mol. The zero-order chi connectivity index (χ0) is 20.6. The molecule has 0 bridgehead atoms. The molecule has 2 aromatic rings. The van der Waals surface area contributed by atoms with Gasteiger partial charge in [-0.2, -0.15) is 0 Å². The lowest BCUT2D eigenvalue weighted by Crippen LogP contribution is -2.38. The van der Waals surface area contributed by atoms with Crippen molar-refractivity contribution in [1.29, 1.82) is 0 Å². The van der Waals surface area contributed by atoms with E-state index in [1.165, 1.54) is 11.1 Å². The number of nitrogens with one attached hydrogen (secondary N) is 1. The van der Waals surface area contributed by atoms with Crippen LogP contribution in [0.2, 0.25) is 0 Å². The van der Waals surface area contributed by atoms with Crippen LogP contribution in [0.15, 0.2) is 48.5 Å². The summed E-state index contributed by atoms with van der Waals surface area (Å²) in [5.41, 5.74) is 2.58. The second kappa shape index (κ2) is 10.2. The van der Waals surface area contributed by atoms with Gasteiger partial charge >= 0.3 is 0 Å². The molecule has 0 saturated heterocycles. The summed E-state index contributed by atoms with van der Waals surface area (Å²) in [5, 5.41) is 2.99. The van der Waals surface area contributed by atoms with Crippen LogP contribution in [0.1, 0.15) is 51.7 Å². The average Bonchev–Trinajstić information content (AvgIpc) is 2.69. The van der Waals surface area contributed by atoms with Gasteiger partial charge in [-0.25, -0.2) is 0 Å². The van der Waals surface area contributed by atoms with Gasteiger partial charge in [0.05, 0.1) is 7.11 Å². The zero-order valence-electron chi connectivity index (χ0n) is 17.7. The number of hydrogen-bond donors (Lipinski definition) is 1. The first-order valence-corrected chi connectivity index (χ1v) is 10.0. The largest absolute Gasteiger partial charge is 0.497 e. The first kappa shape index (κ1) is 21.8. The van der Waals surface area contributed by atoms with Crippen LogP contribution in [0, 0.1) is 0 Å². The maximum absolute atomic E-state index is 12.4. The summed E-state index contributed by atoms with van der Waals surface area (Å²) in [7, 11) is 1.66. The Labute approximate surface area is 169 Å². The van der Waals surface area contributed by atoms with Crippen molar-refractivity contribution < 1.29 is 14.3 Å². The zero-order valence-corrected chi connectivity index (χ0v) is 17.7. The van der Waals surface area contributed by atoms with Crippen molar-refractivity contribution in [3.05, 3.63) is 59.7 Å². The van der Waals surface area contributed by atoms with Gasteiger partial charge in [0.2, 0.25) is 0 Å². The second-order valence-corrected chi connectivity index (χ2v) is 8.03. The molecule has 1 N–H and O–H groups in total. The molecule has 0 saturated carbocycles. The molecule has 0 aliphatic rings. The third-order valence-corrected chi connectivity index (χ3v) is 4.76. The molecule has 1 atom stereocenters. The molecule has 0 radical (unpaired) electrons. The van der Waals surface area contributed by atoms with E-state index in [0.717, 1.165) is 24.3 Å². The monoisotopic (exact) mass is 383 g/mol. The third-order valence-electron chi connectivity index (χ3n) is 4.76. The molecule has 4 nitrogen and oxygen atoms in total. The van der Waals surface area contributed by atoms with E-state index in [9.17, 15) is 4.79 Å². The van der Waals surface area contributed by atoms with Gasteiger partial charge in [0.25, 0.3) is 5.91 Å². The van der Waals surface area contributed by atoms with Gasteiger partial charge in [-0.1, -0.05) is 52.0 Å². The van der Waals surface area contributed by atoms with Crippen molar-refractivity contribution in [1.82, 2.24) is 5.32 Å². The SMILES string of the molecule is CC[C@@H](Oc1ccc(C(C)(C)C)cc1)C(=O)NCCCc1ccc(OC)cc1. The van der Waals surface area contributed by atoms with E-state index < -0.39 is 6.10 Å². The van der Waals surface area contributed by atoms with Gasteiger partial charge in [0, 0.05) is 6.54 Å². The van der Waals surface area contributed by atoms with E-state index in [2.05, 4.69) is 50.4 Å². The van der Waals surface area contributed by atoms with Crippen LogP contribution in [0.5, 0.6) is 11.5 Å². The molecular weight excluding hydrogens is 350 g/mol. The van der Waals surface area contributed by atoms with Crippen LogP contribution in [0.25, 0.3) is 0 Å². The smallest absolute Gasteiger partial charge is 0.261 e. The molecule has 0 spiro atoms. The minimum absolute atomic E-state index is 0.0582. The molecule has 0 heterocycles. The van der Waals surface area contributed by atoms with Crippen LogP contribution in [-0.4, -0.2) is 25.7 Å². The van der Waals surface area contributed by atoms with Crippen molar-refractivity contribution in [3.8, 4) is 11.5 Å². The van der Waals surface area contributed by atoms with Crippen molar-refractivity contribution in [3.63, 3.8) is 0 Å². The average molecular weight is 384 g/mol. The fraction of sp³-hybridized carbons (Fsp3) is 0.458. The molecule has 0 aromatic heterocycles. The normalized spacial score (nSPS) is 12.3. The maximum atomic E-state index is 12.4. The highest BCUT2D eigenvalue weighted by atomic mass is 16.5. The molecule has 2 aromatic carbocycles. The number of hydrogen-bond acceptors (Lipinski definition) is 3. The predicted octanol–water partition coefficient (Wildman–Crippen LogP) is 4.90. The molecule has 1 amide bonds. The van der Waals surface area contributed by atoms with E-state index in [1.807, 2.05) is 31.2 Å². The van der Waals surface area contributed by atoms with E-state index in [0.29, 0.717) is 13.0 Å². The Morgan fingerprint density at radius 3 is 2.14 bits per heavy atom. The summed E-state index contributed by atoms with van der Waals surface area (Å²) in [6.07, 6.45) is 1.96. The van der Waals surface area contributed by atoms with Crippen LogP contribution >= 0.6 is 0 Å². The van der Waals surface area contributed by atoms with Gasteiger partial charge in [0.1, 0.15) is 11.5 Å². The molecule has 0 aliphatic heterocycles. The van der Waals surface area contributed by atoms with Crippen LogP contribution < -0.4 is 14.8 Å². The number of aryl methyl sites for hydroxylation is 1. The minimum Gasteiger partial charge on any atom is -0.497 e. The summed E-state index contributed by atoms with van der Waals surface area (Å²) in [6.45, 7) is 9.13.